The quantitative estimate of drug-likeness (QED) is 0.642. The minimum absolute atomic E-state index is 0.0490. The summed E-state index contributed by atoms with van der Waals surface area (Å²) >= 11 is 0. The predicted molar refractivity (Wildman–Crippen MR) is 116 cm³/mol. The number of halogens is 2. The normalized spacial score (nSPS) is 27.1. The van der Waals surface area contributed by atoms with Crippen LogP contribution in [0.15, 0.2) is 46.2 Å². The van der Waals surface area contributed by atoms with E-state index >= 15 is 0 Å². The maximum atomic E-state index is 13.0. The van der Waals surface area contributed by atoms with E-state index in [9.17, 15) is 13.6 Å². The van der Waals surface area contributed by atoms with Crippen molar-refractivity contribution in [1.29, 1.82) is 0 Å². The van der Waals surface area contributed by atoms with Crippen molar-refractivity contribution in [2.75, 3.05) is 20.1 Å². The van der Waals surface area contributed by atoms with Gasteiger partial charge >= 0.3 is 0 Å². The molecule has 3 aliphatic rings. The summed E-state index contributed by atoms with van der Waals surface area (Å²) in [7, 11) is 1.75. The molecule has 10 heteroatoms. The Bertz CT molecular complexity index is 940. The Morgan fingerprint density at radius 1 is 1.16 bits per heavy atom. The number of hydrogen-bond donors (Lipinski definition) is 0. The number of carbonyl (C=O) groups excluding carboxylic acids is 1. The summed E-state index contributed by atoms with van der Waals surface area (Å²) in [6.07, 6.45) is 4.29. The molecule has 0 aliphatic carbocycles. The Morgan fingerprint density at radius 3 is 2.59 bits per heavy atom. The van der Waals surface area contributed by atoms with E-state index in [0.717, 1.165) is 43.0 Å². The lowest BCUT2D eigenvalue weighted by Gasteiger charge is -2.51. The summed E-state index contributed by atoms with van der Waals surface area (Å²) in [5.41, 5.74) is 2.51. The van der Waals surface area contributed by atoms with E-state index in [1.165, 1.54) is 4.68 Å². The molecule has 1 saturated heterocycles. The molecule has 4 rings (SSSR count). The van der Waals surface area contributed by atoms with Crippen LogP contribution in [0.3, 0.4) is 0 Å². The number of piperazine rings is 1. The molecule has 174 valence electrons. The molecule has 1 aromatic heterocycles. The molecule has 4 heterocycles. The number of hydrogen-bond acceptors (Lipinski definition) is 6. The second-order valence-corrected chi connectivity index (χ2v) is 8.63. The molecule has 1 amide bonds. The van der Waals surface area contributed by atoms with Crippen molar-refractivity contribution in [3.8, 4) is 0 Å². The van der Waals surface area contributed by atoms with Gasteiger partial charge in [0.1, 0.15) is 6.54 Å². The monoisotopic (exact) mass is 447 g/mol. The van der Waals surface area contributed by atoms with Crippen LogP contribution in [0.2, 0.25) is 0 Å². The van der Waals surface area contributed by atoms with Crippen LogP contribution in [0.4, 0.5) is 8.78 Å². The van der Waals surface area contributed by atoms with Crippen molar-refractivity contribution < 1.29 is 13.6 Å². The van der Waals surface area contributed by atoms with Crippen molar-refractivity contribution in [2.24, 2.45) is 10.2 Å². The topological polar surface area (TPSA) is 69.3 Å². The van der Waals surface area contributed by atoms with Crippen LogP contribution < -0.4 is 0 Å². The van der Waals surface area contributed by atoms with Gasteiger partial charge in [-0.05, 0) is 25.8 Å². The molecule has 1 fully saturated rings. The largest absolute Gasteiger partial charge is 0.367 e. The molecular formula is C22H31F2N7O. The van der Waals surface area contributed by atoms with Crippen LogP contribution in [0, 0.1) is 0 Å². The second-order valence-electron chi connectivity index (χ2n) is 8.63. The van der Waals surface area contributed by atoms with Crippen molar-refractivity contribution in [1.82, 2.24) is 24.5 Å². The Labute approximate surface area is 187 Å². The fourth-order valence-electron chi connectivity index (χ4n) is 5.07. The summed E-state index contributed by atoms with van der Waals surface area (Å²) < 4.78 is 27.5. The van der Waals surface area contributed by atoms with Gasteiger partial charge in [0.15, 0.2) is 6.04 Å². The lowest BCUT2D eigenvalue weighted by atomic mass is 9.95. The standard InChI is InChI=1S/C22H31F2N7O/c1-5-15-12-30(18-9-21(32)28(4)19-10-25-27-22(18)19)16(6-2)11-29(15)14(3)17-7-8-26-31(17)13-20(23)24/h7-10,14-16,20,22H,5-6,11-13H2,1-4H3/t14?,15-,16+,22?/m1/s1. The summed E-state index contributed by atoms with van der Waals surface area (Å²) in [6, 6.07) is 1.91. The molecule has 0 saturated carbocycles. The van der Waals surface area contributed by atoms with Crippen LogP contribution in [0.25, 0.3) is 0 Å². The van der Waals surface area contributed by atoms with Gasteiger partial charge in [-0.25, -0.2) is 8.78 Å². The fourth-order valence-corrected chi connectivity index (χ4v) is 5.07. The summed E-state index contributed by atoms with van der Waals surface area (Å²) in [6.45, 7) is 7.45. The molecule has 0 spiro atoms. The zero-order valence-electron chi connectivity index (χ0n) is 19.0. The number of aromatic nitrogens is 2. The summed E-state index contributed by atoms with van der Waals surface area (Å²) in [4.78, 5) is 18.9. The number of carbonyl (C=O) groups is 1. The molecule has 3 aliphatic heterocycles. The molecule has 0 N–H and O–H groups in total. The average Bonchev–Trinajstić information content (AvgIpc) is 3.44. The number of fused-ring (bicyclic) bond motifs is 1. The van der Waals surface area contributed by atoms with Crippen molar-refractivity contribution in [3.05, 3.63) is 41.6 Å². The highest BCUT2D eigenvalue weighted by atomic mass is 19.3. The minimum atomic E-state index is -2.44. The highest BCUT2D eigenvalue weighted by molar-refractivity contribution is 5.91. The zero-order chi connectivity index (χ0) is 23.0. The van der Waals surface area contributed by atoms with Gasteiger partial charge in [0.25, 0.3) is 12.3 Å². The fraction of sp³-hybridized carbons (Fsp3) is 0.636. The van der Waals surface area contributed by atoms with Gasteiger partial charge in [-0.2, -0.15) is 15.3 Å². The van der Waals surface area contributed by atoms with Gasteiger partial charge in [0.2, 0.25) is 0 Å². The minimum Gasteiger partial charge on any atom is -0.367 e. The molecular weight excluding hydrogens is 416 g/mol. The number of rotatable bonds is 7. The molecule has 0 aromatic carbocycles. The Balaban J connectivity index is 1.60. The van der Waals surface area contributed by atoms with Crippen LogP contribution in [-0.2, 0) is 11.3 Å². The Hall–Kier alpha value is -2.62. The van der Waals surface area contributed by atoms with Crippen molar-refractivity contribution >= 4 is 5.91 Å². The zero-order valence-corrected chi connectivity index (χ0v) is 19.0. The van der Waals surface area contributed by atoms with Gasteiger partial charge in [0, 0.05) is 50.5 Å². The number of nitrogens with zero attached hydrogens (tertiary/aromatic N) is 7. The lowest BCUT2D eigenvalue weighted by Crippen LogP contribution is -2.59. The van der Waals surface area contributed by atoms with Gasteiger partial charge in [-0.15, -0.1) is 0 Å². The van der Waals surface area contributed by atoms with Gasteiger partial charge in [-0.3, -0.25) is 14.4 Å². The molecule has 2 unspecified atom stereocenters. The van der Waals surface area contributed by atoms with E-state index in [1.54, 1.807) is 30.4 Å². The molecule has 8 nitrogen and oxygen atoms in total. The lowest BCUT2D eigenvalue weighted by molar-refractivity contribution is -0.124. The highest BCUT2D eigenvalue weighted by Gasteiger charge is 2.42. The van der Waals surface area contributed by atoms with E-state index in [4.69, 9.17) is 0 Å². The van der Waals surface area contributed by atoms with Crippen LogP contribution in [0.5, 0.6) is 0 Å². The average molecular weight is 448 g/mol. The van der Waals surface area contributed by atoms with Gasteiger partial charge in [0.05, 0.1) is 23.3 Å². The molecule has 32 heavy (non-hydrogen) atoms. The summed E-state index contributed by atoms with van der Waals surface area (Å²) in [5.74, 6) is -0.0654. The van der Waals surface area contributed by atoms with E-state index in [0.29, 0.717) is 0 Å². The number of azo groups is 1. The third-order valence-corrected chi connectivity index (χ3v) is 6.92. The summed E-state index contributed by atoms with van der Waals surface area (Å²) in [5, 5.41) is 12.6. The van der Waals surface area contributed by atoms with E-state index in [1.807, 2.05) is 6.07 Å². The second kappa shape index (κ2) is 9.09. The molecule has 4 atom stereocenters. The third-order valence-electron chi connectivity index (χ3n) is 6.92. The molecule has 1 aromatic rings. The Kier molecular flexibility index (Phi) is 6.41. The number of likely N-dealkylation sites (N-methyl/N-ethyl adjacent to an activating group) is 1. The SMILES string of the molecule is CC[C@H]1CN(C(C)c2ccnn2CC(F)F)[C@H](CC)CN1C1=CC(=O)N(C)C2=CN=NC21. The first-order valence-corrected chi connectivity index (χ1v) is 11.3. The first-order valence-electron chi connectivity index (χ1n) is 11.3. The number of alkyl halides is 2. The van der Waals surface area contributed by atoms with Crippen LogP contribution in [-0.4, -0.2) is 75.1 Å². The van der Waals surface area contributed by atoms with E-state index in [-0.39, 0.29) is 30.1 Å². The van der Waals surface area contributed by atoms with Crippen LogP contribution in [0.1, 0.15) is 45.3 Å². The first kappa shape index (κ1) is 22.6. The van der Waals surface area contributed by atoms with Gasteiger partial charge < -0.3 is 9.80 Å². The van der Waals surface area contributed by atoms with E-state index in [2.05, 4.69) is 45.9 Å². The van der Waals surface area contributed by atoms with Crippen LogP contribution >= 0.6 is 0 Å². The van der Waals surface area contributed by atoms with Gasteiger partial charge in [-0.1, -0.05) is 13.8 Å². The predicted octanol–water partition coefficient (Wildman–Crippen LogP) is 3.42. The highest BCUT2D eigenvalue weighted by Crippen LogP contribution is 2.36. The maximum Gasteiger partial charge on any atom is 0.257 e. The number of amides is 1. The van der Waals surface area contributed by atoms with Crippen molar-refractivity contribution in [2.45, 2.75) is 70.8 Å². The van der Waals surface area contributed by atoms with E-state index < -0.39 is 13.0 Å². The van der Waals surface area contributed by atoms with Crippen molar-refractivity contribution in [3.63, 3.8) is 0 Å². The smallest absolute Gasteiger partial charge is 0.257 e. The first-order chi connectivity index (χ1) is 15.3. The molecule has 0 radical (unpaired) electrons. The third kappa shape index (κ3) is 3.96. The molecule has 0 bridgehead atoms. The maximum absolute atomic E-state index is 13.0. The Morgan fingerprint density at radius 2 is 1.91 bits per heavy atom.